The van der Waals surface area contributed by atoms with Gasteiger partial charge in [-0.2, -0.15) is 0 Å². The van der Waals surface area contributed by atoms with Gasteiger partial charge in [0.15, 0.2) is 0 Å². The van der Waals surface area contributed by atoms with Crippen LogP contribution in [0.3, 0.4) is 0 Å². The first-order valence-electron chi connectivity index (χ1n) is 13.2. The second-order valence-corrected chi connectivity index (χ2v) is 9.45. The summed E-state index contributed by atoms with van der Waals surface area (Å²) in [5.74, 6) is -0.524. The van der Waals surface area contributed by atoms with Crippen molar-refractivity contribution in [1.29, 1.82) is 0 Å². The number of carbonyl (C=O) groups is 3. The Kier molecular flexibility index (Phi) is 9.66. The van der Waals surface area contributed by atoms with Crippen LogP contribution < -0.4 is 21.7 Å². The number of nitrogens with zero attached hydrogens (tertiary/aromatic N) is 1. The maximum atomic E-state index is 12.8. The van der Waals surface area contributed by atoms with E-state index < -0.39 is 6.09 Å². The number of hydrogen-bond acceptors (Lipinski definition) is 6. The van der Waals surface area contributed by atoms with Gasteiger partial charge in [-0.05, 0) is 49.6 Å². The number of piperidine rings is 1. The minimum atomic E-state index is -0.478. The van der Waals surface area contributed by atoms with E-state index in [9.17, 15) is 14.4 Å². The van der Waals surface area contributed by atoms with Gasteiger partial charge in [0, 0.05) is 42.9 Å². The van der Waals surface area contributed by atoms with E-state index in [0.29, 0.717) is 55.8 Å². The van der Waals surface area contributed by atoms with Crippen molar-refractivity contribution in [2.24, 2.45) is 5.73 Å². The Bertz CT molecular complexity index is 1280. The minimum absolute atomic E-state index is 0.211. The Morgan fingerprint density at radius 2 is 1.59 bits per heavy atom. The Morgan fingerprint density at radius 3 is 2.31 bits per heavy atom. The summed E-state index contributed by atoms with van der Waals surface area (Å²) in [5, 5.41) is 8.60. The number of carbonyl (C=O) groups excluding carboxylic acids is 3. The normalized spacial score (nSPS) is 14.7. The number of amides is 3. The molecule has 1 aliphatic heterocycles. The second kappa shape index (κ2) is 13.5. The van der Waals surface area contributed by atoms with Gasteiger partial charge in [-0.3, -0.25) is 19.8 Å². The predicted molar refractivity (Wildman–Crippen MR) is 151 cm³/mol. The molecule has 204 valence electrons. The van der Waals surface area contributed by atoms with Gasteiger partial charge < -0.3 is 21.1 Å². The van der Waals surface area contributed by atoms with E-state index in [1.807, 2.05) is 61.5 Å². The number of nitrogens with two attached hydrogens (primary N) is 1. The van der Waals surface area contributed by atoms with E-state index in [1.165, 1.54) is 0 Å². The van der Waals surface area contributed by atoms with Crippen LogP contribution in [-0.2, 0) is 4.74 Å². The van der Waals surface area contributed by atoms with Crippen molar-refractivity contribution in [3.05, 3.63) is 90.0 Å². The number of likely N-dealkylation sites (tertiary alicyclic amines) is 1. The molecule has 1 saturated heterocycles. The summed E-state index contributed by atoms with van der Waals surface area (Å²) in [7, 11) is 0. The van der Waals surface area contributed by atoms with Gasteiger partial charge >= 0.3 is 6.09 Å². The summed E-state index contributed by atoms with van der Waals surface area (Å²) in [6.45, 7) is 3.97. The summed E-state index contributed by atoms with van der Waals surface area (Å²) >= 11 is 0. The lowest BCUT2D eigenvalue weighted by Gasteiger charge is -2.35. The molecule has 1 unspecified atom stereocenters. The third-order valence-corrected chi connectivity index (χ3v) is 6.70. The SMILES string of the molecule is CC(NC(=O)c1cccc(C(=O)NCCN)c1)N1CCC(OC(=O)Nc2ccccc2-c2ccccc2)CC1. The topological polar surface area (TPSA) is 126 Å². The van der Waals surface area contributed by atoms with Gasteiger partial charge in [0.2, 0.25) is 0 Å². The molecular weight excluding hydrogens is 494 g/mol. The van der Waals surface area contributed by atoms with Gasteiger partial charge in [0.1, 0.15) is 6.10 Å². The first-order chi connectivity index (χ1) is 18.9. The molecule has 0 spiro atoms. The van der Waals surface area contributed by atoms with Crippen LogP contribution in [0.25, 0.3) is 11.1 Å². The molecule has 1 heterocycles. The molecule has 1 fully saturated rings. The number of nitrogens with one attached hydrogen (secondary N) is 3. The van der Waals surface area contributed by atoms with E-state index in [1.54, 1.807) is 24.3 Å². The van der Waals surface area contributed by atoms with Gasteiger partial charge in [0.25, 0.3) is 11.8 Å². The zero-order valence-electron chi connectivity index (χ0n) is 22.1. The van der Waals surface area contributed by atoms with Gasteiger partial charge in [0.05, 0.1) is 11.9 Å². The molecular formula is C30H35N5O4. The molecule has 3 aromatic carbocycles. The lowest BCUT2D eigenvalue weighted by atomic mass is 10.0. The first-order valence-corrected chi connectivity index (χ1v) is 13.2. The average Bonchev–Trinajstić information content (AvgIpc) is 2.97. The molecule has 0 aromatic heterocycles. The molecule has 5 N–H and O–H groups in total. The zero-order valence-corrected chi connectivity index (χ0v) is 22.1. The number of para-hydroxylation sites is 1. The lowest BCUT2D eigenvalue weighted by molar-refractivity contribution is 0.0403. The fraction of sp³-hybridized carbons (Fsp3) is 0.300. The molecule has 1 atom stereocenters. The van der Waals surface area contributed by atoms with Crippen molar-refractivity contribution in [3.63, 3.8) is 0 Å². The van der Waals surface area contributed by atoms with Crippen LogP contribution in [0.15, 0.2) is 78.9 Å². The molecule has 3 aromatic rings. The fourth-order valence-electron chi connectivity index (χ4n) is 4.59. The summed E-state index contributed by atoms with van der Waals surface area (Å²) < 4.78 is 5.72. The molecule has 0 saturated carbocycles. The summed E-state index contributed by atoms with van der Waals surface area (Å²) in [6, 6.07) is 24.1. The predicted octanol–water partition coefficient (Wildman–Crippen LogP) is 3.83. The largest absolute Gasteiger partial charge is 0.446 e. The molecule has 0 radical (unpaired) electrons. The third-order valence-electron chi connectivity index (χ3n) is 6.70. The van der Waals surface area contributed by atoms with Crippen LogP contribution in [0.5, 0.6) is 0 Å². The van der Waals surface area contributed by atoms with Gasteiger partial charge in [-0.1, -0.05) is 54.6 Å². The van der Waals surface area contributed by atoms with Crippen molar-refractivity contribution in [1.82, 2.24) is 15.5 Å². The monoisotopic (exact) mass is 529 g/mol. The van der Waals surface area contributed by atoms with Gasteiger partial charge in [-0.15, -0.1) is 0 Å². The van der Waals surface area contributed by atoms with Crippen molar-refractivity contribution in [2.75, 3.05) is 31.5 Å². The Balaban J connectivity index is 1.25. The molecule has 4 rings (SSSR count). The van der Waals surface area contributed by atoms with Crippen molar-refractivity contribution in [2.45, 2.75) is 32.0 Å². The number of ether oxygens (including phenoxy) is 1. The molecule has 3 amide bonds. The maximum absolute atomic E-state index is 12.8. The zero-order chi connectivity index (χ0) is 27.6. The Hall–Kier alpha value is -4.21. The average molecular weight is 530 g/mol. The van der Waals surface area contributed by atoms with Crippen LogP contribution in [-0.4, -0.2) is 61.3 Å². The van der Waals surface area contributed by atoms with E-state index >= 15 is 0 Å². The summed E-state index contributed by atoms with van der Waals surface area (Å²) in [6.07, 6.45) is 0.403. The quantitative estimate of drug-likeness (QED) is 0.334. The highest BCUT2D eigenvalue weighted by Gasteiger charge is 2.26. The Labute approximate surface area is 228 Å². The second-order valence-electron chi connectivity index (χ2n) is 9.45. The van der Waals surface area contributed by atoms with E-state index in [-0.39, 0.29) is 24.1 Å². The van der Waals surface area contributed by atoms with Crippen LogP contribution in [0.1, 0.15) is 40.5 Å². The number of rotatable bonds is 9. The standard InChI is InChI=1S/C30H35N5O4/c1-21(33-29(37)24-11-7-10-23(20-24)28(36)32-17-16-31)35-18-14-25(15-19-35)39-30(38)34-27-13-6-5-12-26(27)22-8-3-2-4-9-22/h2-13,20-21,25H,14-19,31H2,1H3,(H,32,36)(H,33,37)(H,34,38). The van der Waals surface area contributed by atoms with Crippen molar-refractivity contribution < 1.29 is 19.1 Å². The Morgan fingerprint density at radius 1 is 0.923 bits per heavy atom. The summed E-state index contributed by atoms with van der Waals surface area (Å²) in [4.78, 5) is 39.8. The minimum Gasteiger partial charge on any atom is -0.446 e. The number of hydrogen-bond donors (Lipinski definition) is 4. The number of anilines is 1. The summed E-state index contributed by atoms with van der Waals surface area (Å²) in [5.41, 5.74) is 8.89. The highest BCUT2D eigenvalue weighted by atomic mass is 16.6. The first kappa shape index (κ1) is 27.8. The van der Waals surface area contributed by atoms with Crippen LogP contribution in [0.2, 0.25) is 0 Å². The highest BCUT2D eigenvalue weighted by Crippen LogP contribution is 2.28. The fourth-order valence-corrected chi connectivity index (χ4v) is 4.59. The lowest BCUT2D eigenvalue weighted by Crippen LogP contribution is -2.50. The highest BCUT2D eigenvalue weighted by molar-refractivity contribution is 5.99. The van der Waals surface area contributed by atoms with E-state index in [4.69, 9.17) is 10.5 Å². The molecule has 0 aliphatic carbocycles. The molecule has 9 heteroatoms. The van der Waals surface area contributed by atoms with Crippen LogP contribution >= 0.6 is 0 Å². The third kappa shape index (κ3) is 7.66. The number of benzene rings is 3. The molecule has 39 heavy (non-hydrogen) atoms. The van der Waals surface area contributed by atoms with Crippen molar-refractivity contribution in [3.8, 4) is 11.1 Å². The van der Waals surface area contributed by atoms with E-state index in [0.717, 1.165) is 11.1 Å². The van der Waals surface area contributed by atoms with E-state index in [2.05, 4.69) is 20.9 Å². The molecule has 0 bridgehead atoms. The smallest absolute Gasteiger partial charge is 0.411 e. The van der Waals surface area contributed by atoms with Gasteiger partial charge in [-0.25, -0.2) is 4.79 Å². The maximum Gasteiger partial charge on any atom is 0.411 e. The van der Waals surface area contributed by atoms with Crippen molar-refractivity contribution >= 4 is 23.6 Å². The van der Waals surface area contributed by atoms with Crippen LogP contribution in [0, 0.1) is 0 Å². The molecule has 9 nitrogen and oxygen atoms in total. The molecule has 1 aliphatic rings. The van der Waals surface area contributed by atoms with Crippen LogP contribution in [0.4, 0.5) is 10.5 Å².